The Bertz CT molecular complexity index is 622. The number of benzene rings is 2. The summed E-state index contributed by atoms with van der Waals surface area (Å²) >= 11 is 0. The number of nitrogens with zero attached hydrogens (tertiary/aromatic N) is 1. The quantitative estimate of drug-likeness (QED) is 0.601. The molecule has 2 aromatic rings. The zero-order valence-corrected chi connectivity index (χ0v) is 8.83. The highest BCUT2D eigenvalue weighted by molar-refractivity contribution is 5.79. The van der Waals surface area contributed by atoms with Crippen LogP contribution >= 0.6 is 0 Å². The molecule has 0 spiro atoms. The molecule has 4 heteroatoms. The summed E-state index contributed by atoms with van der Waals surface area (Å²) in [5, 5.41) is 20.8. The lowest BCUT2D eigenvalue weighted by molar-refractivity contribution is -0.384. The number of nitro benzene ring substituents is 1. The van der Waals surface area contributed by atoms with Gasteiger partial charge in [0.25, 0.3) is 5.69 Å². The molecular formula is C13H9NO3. The Morgan fingerprint density at radius 3 is 2.53 bits per heavy atom. The first-order valence-electron chi connectivity index (χ1n) is 5.24. The van der Waals surface area contributed by atoms with Crippen molar-refractivity contribution in [1.82, 2.24) is 0 Å². The first kappa shape index (κ1) is 9.99. The van der Waals surface area contributed by atoms with Gasteiger partial charge in [-0.1, -0.05) is 24.3 Å². The Hall–Kier alpha value is -2.20. The number of rotatable bonds is 1. The molecule has 17 heavy (non-hydrogen) atoms. The van der Waals surface area contributed by atoms with E-state index in [1.807, 2.05) is 24.3 Å². The van der Waals surface area contributed by atoms with Gasteiger partial charge in [0.1, 0.15) is 6.10 Å². The Kier molecular flexibility index (Phi) is 2.00. The van der Waals surface area contributed by atoms with Crippen molar-refractivity contribution in [3.63, 3.8) is 0 Å². The second-order valence-corrected chi connectivity index (χ2v) is 4.02. The van der Waals surface area contributed by atoms with Crippen molar-refractivity contribution >= 4 is 5.69 Å². The van der Waals surface area contributed by atoms with Crippen LogP contribution in [0, 0.1) is 10.1 Å². The second-order valence-electron chi connectivity index (χ2n) is 4.02. The molecule has 0 amide bonds. The minimum atomic E-state index is -0.679. The number of nitro groups is 1. The number of fused-ring (bicyclic) bond motifs is 3. The lowest BCUT2D eigenvalue weighted by Gasteiger charge is -2.03. The van der Waals surface area contributed by atoms with Gasteiger partial charge in [-0.05, 0) is 28.3 Å². The molecular weight excluding hydrogens is 218 g/mol. The largest absolute Gasteiger partial charge is 0.384 e. The highest BCUT2D eigenvalue weighted by Gasteiger charge is 2.27. The minimum Gasteiger partial charge on any atom is -0.384 e. The third-order valence-corrected chi connectivity index (χ3v) is 3.09. The van der Waals surface area contributed by atoms with Crippen molar-refractivity contribution in [2.75, 3.05) is 0 Å². The van der Waals surface area contributed by atoms with E-state index < -0.39 is 11.0 Å². The number of aliphatic hydroxyl groups excluding tert-OH is 1. The van der Waals surface area contributed by atoms with Gasteiger partial charge in [0.05, 0.1) is 4.92 Å². The standard InChI is InChI=1S/C13H9NO3/c15-13-10-4-2-1-3-9(10)12-7-8(14(16)17)5-6-11(12)13/h1-7,13,15H/t13-/m1/s1. The van der Waals surface area contributed by atoms with Crippen LogP contribution in [0.1, 0.15) is 17.2 Å². The molecule has 0 saturated heterocycles. The van der Waals surface area contributed by atoms with Gasteiger partial charge >= 0.3 is 0 Å². The summed E-state index contributed by atoms with van der Waals surface area (Å²) in [4.78, 5) is 10.3. The summed E-state index contributed by atoms with van der Waals surface area (Å²) in [6.45, 7) is 0. The lowest BCUT2D eigenvalue weighted by atomic mass is 10.1. The summed E-state index contributed by atoms with van der Waals surface area (Å²) in [6, 6.07) is 12.0. The highest BCUT2D eigenvalue weighted by atomic mass is 16.6. The molecule has 0 saturated carbocycles. The monoisotopic (exact) mass is 227 g/mol. The van der Waals surface area contributed by atoms with Crippen molar-refractivity contribution in [3.05, 3.63) is 63.7 Å². The van der Waals surface area contributed by atoms with E-state index in [1.54, 1.807) is 6.07 Å². The third-order valence-electron chi connectivity index (χ3n) is 3.09. The Balaban J connectivity index is 2.27. The Morgan fingerprint density at radius 1 is 1.06 bits per heavy atom. The van der Waals surface area contributed by atoms with Crippen LogP contribution in [0.4, 0.5) is 5.69 Å². The van der Waals surface area contributed by atoms with Gasteiger partial charge in [-0.3, -0.25) is 10.1 Å². The lowest BCUT2D eigenvalue weighted by Crippen LogP contribution is -1.94. The summed E-state index contributed by atoms with van der Waals surface area (Å²) in [5.41, 5.74) is 3.22. The fraction of sp³-hybridized carbons (Fsp3) is 0.0769. The molecule has 0 heterocycles. The van der Waals surface area contributed by atoms with Crippen LogP contribution in [-0.4, -0.2) is 10.0 Å². The van der Waals surface area contributed by atoms with Crippen LogP contribution in [0.15, 0.2) is 42.5 Å². The predicted octanol–water partition coefficient (Wildman–Crippen LogP) is 2.66. The van der Waals surface area contributed by atoms with Crippen LogP contribution in [0.2, 0.25) is 0 Å². The van der Waals surface area contributed by atoms with E-state index in [4.69, 9.17) is 0 Å². The van der Waals surface area contributed by atoms with E-state index in [0.29, 0.717) is 0 Å². The molecule has 1 N–H and O–H groups in total. The zero-order chi connectivity index (χ0) is 12.0. The van der Waals surface area contributed by atoms with E-state index in [-0.39, 0.29) is 5.69 Å². The maximum Gasteiger partial charge on any atom is 0.270 e. The first-order chi connectivity index (χ1) is 8.18. The normalized spacial score (nSPS) is 16.4. The topological polar surface area (TPSA) is 63.4 Å². The molecule has 2 aromatic carbocycles. The second kappa shape index (κ2) is 3.40. The van der Waals surface area contributed by atoms with Crippen LogP contribution in [0.3, 0.4) is 0 Å². The van der Waals surface area contributed by atoms with Crippen molar-refractivity contribution < 1.29 is 10.0 Å². The molecule has 0 radical (unpaired) electrons. The smallest absolute Gasteiger partial charge is 0.270 e. The summed E-state index contributed by atoms with van der Waals surface area (Å²) in [6.07, 6.45) is -0.679. The fourth-order valence-electron chi connectivity index (χ4n) is 2.28. The highest BCUT2D eigenvalue weighted by Crippen LogP contribution is 2.44. The van der Waals surface area contributed by atoms with E-state index in [2.05, 4.69) is 0 Å². The Labute approximate surface area is 97.3 Å². The molecule has 84 valence electrons. The number of aliphatic hydroxyl groups is 1. The van der Waals surface area contributed by atoms with Crippen LogP contribution in [0.5, 0.6) is 0 Å². The van der Waals surface area contributed by atoms with E-state index in [0.717, 1.165) is 22.3 Å². The molecule has 0 aliphatic heterocycles. The van der Waals surface area contributed by atoms with Gasteiger partial charge in [-0.25, -0.2) is 0 Å². The first-order valence-corrected chi connectivity index (χ1v) is 5.24. The third kappa shape index (κ3) is 1.34. The van der Waals surface area contributed by atoms with Crippen LogP contribution in [0.25, 0.3) is 11.1 Å². The number of hydrogen-bond donors (Lipinski definition) is 1. The molecule has 0 fully saturated rings. The molecule has 0 bridgehead atoms. The fourth-order valence-corrected chi connectivity index (χ4v) is 2.28. The average molecular weight is 227 g/mol. The summed E-state index contributed by atoms with van der Waals surface area (Å²) in [7, 11) is 0. The summed E-state index contributed by atoms with van der Waals surface area (Å²) < 4.78 is 0. The van der Waals surface area contributed by atoms with Crippen molar-refractivity contribution in [3.8, 4) is 11.1 Å². The molecule has 1 aliphatic carbocycles. The molecule has 0 unspecified atom stereocenters. The van der Waals surface area contributed by atoms with Gasteiger partial charge < -0.3 is 5.11 Å². The van der Waals surface area contributed by atoms with E-state index >= 15 is 0 Å². The van der Waals surface area contributed by atoms with E-state index in [9.17, 15) is 15.2 Å². The van der Waals surface area contributed by atoms with Gasteiger partial charge in [0.15, 0.2) is 0 Å². The SMILES string of the molecule is O=[N+]([O-])c1ccc2c(c1)-c1ccccc1[C@H]2O. The van der Waals surface area contributed by atoms with Gasteiger partial charge in [0, 0.05) is 12.1 Å². The van der Waals surface area contributed by atoms with Crippen LogP contribution in [-0.2, 0) is 0 Å². The predicted molar refractivity (Wildman–Crippen MR) is 62.6 cm³/mol. The van der Waals surface area contributed by atoms with Gasteiger partial charge in [-0.15, -0.1) is 0 Å². The van der Waals surface area contributed by atoms with E-state index in [1.165, 1.54) is 12.1 Å². The zero-order valence-electron chi connectivity index (χ0n) is 8.83. The molecule has 4 nitrogen and oxygen atoms in total. The summed E-state index contributed by atoms with van der Waals surface area (Å²) in [5.74, 6) is 0. The van der Waals surface area contributed by atoms with Crippen molar-refractivity contribution in [2.45, 2.75) is 6.10 Å². The van der Waals surface area contributed by atoms with Crippen LogP contribution < -0.4 is 0 Å². The molecule has 0 aromatic heterocycles. The van der Waals surface area contributed by atoms with Crippen molar-refractivity contribution in [2.24, 2.45) is 0 Å². The Morgan fingerprint density at radius 2 is 1.76 bits per heavy atom. The molecule has 1 aliphatic rings. The maximum absolute atomic E-state index is 10.7. The number of hydrogen-bond acceptors (Lipinski definition) is 3. The molecule has 3 rings (SSSR count). The van der Waals surface area contributed by atoms with Gasteiger partial charge in [0.2, 0.25) is 0 Å². The number of non-ortho nitro benzene ring substituents is 1. The maximum atomic E-state index is 10.7. The average Bonchev–Trinajstić information content (AvgIpc) is 2.64. The van der Waals surface area contributed by atoms with Crippen molar-refractivity contribution in [1.29, 1.82) is 0 Å². The minimum absolute atomic E-state index is 0.0488. The molecule has 1 atom stereocenters. The van der Waals surface area contributed by atoms with Gasteiger partial charge in [-0.2, -0.15) is 0 Å².